The van der Waals surface area contributed by atoms with Gasteiger partial charge < -0.3 is 5.11 Å². The first-order valence-electron chi connectivity index (χ1n) is 6.99. The van der Waals surface area contributed by atoms with Crippen LogP contribution in [0.3, 0.4) is 0 Å². The second-order valence-electron chi connectivity index (χ2n) is 6.04. The fourth-order valence-electron chi connectivity index (χ4n) is 3.68. The molecule has 0 unspecified atom stereocenters. The zero-order valence-electron chi connectivity index (χ0n) is 10.7. The first kappa shape index (κ1) is 11.3. The molecular weight excluding hydrogens is 208 g/mol. The van der Waals surface area contributed by atoms with E-state index in [-0.39, 0.29) is 6.10 Å². The van der Waals surface area contributed by atoms with Gasteiger partial charge in [0.2, 0.25) is 0 Å². The van der Waals surface area contributed by atoms with Crippen molar-refractivity contribution in [2.75, 3.05) is 0 Å². The molecule has 3 rings (SSSR count). The quantitative estimate of drug-likeness (QED) is 0.785. The predicted octanol–water partition coefficient (Wildman–Crippen LogP) is 3.27. The second-order valence-corrected chi connectivity index (χ2v) is 6.04. The Labute approximate surface area is 104 Å². The topological polar surface area (TPSA) is 20.2 Å². The summed E-state index contributed by atoms with van der Waals surface area (Å²) in [5.74, 6) is 0. The van der Waals surface area contributed by atoms with Crippen molar-refractivity contribution in [3.05, 3.63) is 34.9 Å². The fourth-order valence-corrected chi connectivity index (χ4v) is 3.68. The predicted molar refractivity (Wildman–Crippen MR) is 70.1 cm³/mol. The monoisotopic (exact) mass is 230 g/mol. The minimum Gasteiger partial charge on any atom is -0.393 e. The van der Waals surface area contributed by atoms with E-state index in [2.05, 4.69) is 25.1 Å². The highest BCUT2D eigenvalue weighted by molar-refractivity contribution is 5.38. The van der Waals surface area contributed by atoms with Crippen LogP contribution in [0.5, 0.6) is 0 Å². The number of benzene rings is 1. The van der Waals surface area contributed by atoms with Crippen LogP contribution in [0.15, 0.2) is 18.2 Å². The molecule has 1 N–H and O–H groups in total. The van der Waals surface area contributed by atoms with Crippen molar-refractivity contribution in [3.8, 4) is 0 Å². The molecule has 1 heteroatoms. The van der Waals surface area contributed by atoms with E-state index in [1.54, 1.807) is 11.1 Å². The number of hydrogen-bond donors (Lipinski definition) is 1. The lowest BCUT2D eigenvalue weighted by molar-refractivity contribution is 0.0675. The van der Waals surface area contributed by atoms with Crippen molar-refractivity contribution >= 4 is 0 Å². The van der Waals surface area contributed by atoms with E-state index in [1.165, 1.54) is 31.2 Å². The Morgan fingerprint density at radius 2 is 1.88 bits per heavy atom. The molecule has 1 aromatic carbocycles. The molecule has 92 valence electrons. The number of fused-ring (bicyclic) bond motifs is 1. The molecule has 1 spiro atoms. The molecule has 0 aliphatic heterocycles. The third-order valence-electron chi connectivity index (χ3n) is 4.83. The van der Waals surface area contributed by atoms with Gasteiger partial charge in [-0.2, -0.15) is 0 Å². The third-order valence-corrected chi connectivity index (χ3v) is 4.83. The number of aliphatic hydroxyl groups is 1. The van der Waals surface area contributed by atoms with Crippen molar-refractivity contribution < 1.29 is 5.11 Å². The van der Waals surface area contributed by atoms with Gasteiger partial charge in [-0.15, -0.1) is 0 Å². The van der Waals surface area contributed by atoms with Gasteiger partial charge in [-0.3, -0.25) is 0 Å². The van der Waals surface area contributed by atoms with Crippen LogP contribution < -0.4 is 0 Å². The van der Waals surface area contributed by atoms with Gasteiger partial charge in [-0.05, 0) is 67.1 Å². The first-order chi connectivity index (χ1) is 8.21. The van der Waals surface area contributed by atoms with Crippen LogP contribution in [0, 0.1) is 5.41 Å². The molecule has 2 aliphatic carbocycles. The molecule has 0 aromatic heterocycles. The lowest BCUT2D eigenvalue weighted by Crippen LogP contribution is -2.30. The van der Waals surface area contributed by atoms with Gasteiger partial charge in [0, 0.05) is 0 Å². The van der Waals surface area contributed by atoms with E-state index in [0.29, 0.717) is 5.41 Å². The highest BCUT2D eigenvalue weighted by Crippen LogP contribution is 2.47. The Morgan fingerprint density at radius 3 is 2.59 bits per heavy atom. The number of rotatable bonds is 1. The molecule has 1 saturated carbocycles. The van der Waals surface area contributed by atoms with Crippen LogP contribution in [-0.4, -0.2) is 11.2 Å². The number of aliphatic hydroxyl groups excluding tert-OH is 1. The zero-order chi connectivity index (χ0) is 11.9. The summed E-state index contributed by atoms with van der Waals surface area (Å²) in [6.45, 7) is 2.23. The lowest BCUT2D eigenvalue weighted by Gasteiger charge is -2.35. The minimum absolute atomic E-state index is 0.0319. The van der Waals surface area contributed by atoms with E-state index >= 15 is 0 Å². The van der Waals surface area contributed by atoms with E-state index in [1.807, 2.05) is 0 Å². The van der Waals surface area contributed by atoms with Crippen LogP contribution in [0.2, 0.25) is 0 Å². The Bertz CT molecular complexity index is 414. The molecule has 17 heavy (non-hydrogen) atoms. The van der Waals surface area contributed by atoms with Crippen molar-refractivity contribution in [2.45, 2.75) is 58.0 Å². The van der Waals surface area contributed by atoms with Crippen molar-refractivity contribution in [3.63, 3.8) is 0 Å². The first-order valence-corrected chi connectivity index (χ1v) is 6.99. The highest BCUT2D eigenvalue weighted by Gasteiger charge is 2.39. The summed E-state index contributed by atoms with van der Waals surface area (Å²) in [7, 11) is 0. The Balaban J connectivity index is 1.82. The second kappa shape index (κ2) is 4.13. The molecule has 2 aliphatic rings. The summed E-state index contributed by atoms with van der Waals surface area (Å²) in [5, 5.41) is 9.65. The average molecular weight is 230 g/mol. The third kappa shape index (κ3) is 2.01. The minimum atomic E-state index is -0.0319. The van der Waals surface area contributed by atoms with E-state index in [9.17, 15) is 5.11 Å². The summed E-state index contributed by atoms with van der Waals surface area (Å²) in [6, 6.07) is 7.04. The van der Waals surface area contributed by atoms with Crippen molar-refractivity contribution in [2.24, 2.45) is 5.41 Å². The maximum absolute atomic E-state index is 9.65. The van der Waals surface area contributed by atoms with Gasteiger partial charge in [-0.1, -0.05) is 25.1 Å². The lowest BCUT2D eigenvalue weighted by atomic mass is 9.71. The molecule has 1 fully saturated rings. The summed E-state index contributed by atoms with van der Waals surface area (Å²) >= 11 is 0. The molecule has 0 amide bonds. The van der Waals surface area contributed by atoms with Gasteiger partial charge in [0.25, 0.3) is 0 Å². The van der Waals surface area contributed by atoms with Crippen LogP contribution in [0.4, 0.5) is 0 Å². The molecule has 1 aromatic rings. The zero-order valence-corrected chi connectivity index (χ0v) is 10.7. The van der Waals surface area contributed by atoms with Gasteiger partial charge in [0.05, 0.1) is 6.10 Å². The molecule has 1 nitrogen and oxygen atoms in total. The smallest absolute Gasteiger partial charge is 0.0540 e. The maximum atomic E-state index is 9.65. The number of hydrogen-bond acceptors (Lipinski definition) is 1. The number of aryl methyl sites for hydroxylation is 1. The van der Waals surface area contributed by atoms with Crippen LogP contribution in [-0.2, 0) is 19.3 Å². The molecular formula is C16H22O. The fraction of sp³-hybridized carbons (Fsp3) is 0.625. The van der Waals surface area contributed by atoms with E-state index < -0.39 is 0 Å². The van der Waals surface area contributed by atoms with Crippen LogP contribution in [0.25, 0.3) is 0 Å². The van der Waals surface area contributed by atoms with Crippen molar-refractivity contribution in [1.29, 1.82) is 0 Å². The van der Waals surface area contributed by atoms with Gasteiger partial charge >= 0.3 is 0 Å². The van der Waals surface area contributed by atoms with Crippen molar-refractivity contribution in [1.82, 2.24) is 0 Å². The normalized spacial score (nSPS) is 31.8. The SMILES string of the molecule is CCc1ccc2c(c1)CC1(CCC(O)CC1)C2. The van der Waals surface area contributed by atoms with E-state index in [0.717, 1.165) is 19.3 Å². The van der Waals surface area contributed by atoms with Gasteiger partial charge in [-0.25, -0.2) is 0 Å². The summed E-state index contributed by atoms with van der Waals surface area (Å²) in [4.78, 5) is 0. The van der Waals surface area contributed by atoms with Gasteiger partial charge in [0.15, 0.2) is 0 Å². The molecule has 0 radical (unpaired) electrons. The highest BCUT2D eigenvalue weighted by atomic mass is 16.3. The van der Waals surface area contributed by atoms with Crippen LogP contribution in [0.1, 0.15) is 49.3 Å². The van der Waals surface area contributed by atoms with Crippen LogP contribution >= 0.6 is 0 Å². The summed E-state index contributed by atoms with van der Waals surface area (Å²) in [5.41, 5.74) is 5.12. The molecule has 0 heterocycles. The largest absolute Gasteiger partial charge is 0.393 e. The Hall–Kier alpha value is -0.820. The summed E-state index contributed by atoms with van der Waals surface area (Å²) in [6.07, 6.45) is 8.05. The standard InChI is InChI=1S/C16H22O/c1-2-12-3-4-13-10-16(11-14(13)9-12)7-5-15(17)6-8-16/h3-4,9,15,17H,2,5-8,10-11H2,1H3. The molecule has 0 bridgehead atoms. The molecule has 0 saturated heterocycles. The summed E-state index contributed by atoms with van der Waals surface area (Å²) < 4.78 is 0. The Morgan fingerprint density at radius 1 is 1.18 bits per heavy atom. The maximum Gasteiger partial charge on any atom is 0.0540 e. The van der Waals surface area contributed by atoms with Gasteiger partial charge in [0.1, 0.15) is 0 Å². The molecule has 0 atom stereocenters. The van der Waals surface area contributed by atoms with E-state index in [4.69, 9.17) is 0 Å². The average Bonchev–Trinajstić information content (AvgIpc) is 2.70. The Kier molecular flexibility index (Phi) is 2.74.